The lowest BCUT2D eigenvalue weighted by molar-refractivity contribution is -0.145. The van der Waals surface area contributed by atoms with Gasteiger partial charge in [-0.05, 0) is 30.7 Å². The molecule has 2 heteroatoms. The van der Waals surface area contributed by atoms with Crippen LogP contribution in [0.1, 0.15) is 45.6 Å². The van der Waals surface area contributed by atoms with Gasteiger partial charge in [-0.15, -0.1) is 0 Å². The van der Waals surface area contributed by atoms with E-state index in [2.05, 4.69) is 20.8 Å². The van der Waals surface area contributed by atoms with Crippen LogP contribution in [0, 0.1) is 11.8 Å². The first kappa shape index (κ1) is 14.7. The number of benzene rings is 1. The Kier molecular flexibility index (Phi) is 5.90. The lowest BCUT2D eigenvalue weighted by Gasteiger charge is -2.22. The van der Waals surface area contributed by atoms with Crippen LogP contribution in [0.4, 0.5) is 0 Å². The molecule has 0 fully saturated rings. The summed E-state index contributed by atoms with van der Waals surface area (Å²) in [5.41, 5.74) is 1.06. The van der Waals surface area contributed by atoms with E-state index in [0.717, 1.165) is 12.0 Å². The second-order valence-corrected chi connectivity index (χ2v) is 5.17. The fraction of sp³-hybridized carbons (Fsp3) is 0.562. The van der Waals surface area contributed by atoms with E-state index in [1.165, 1.54) is 0 Å². The van der Waals surface area contributed by atoms with Gasteiger partial charge in [0.2, 0.25) is 0 Å². The summed E-state index contributed by atoms with van der Waals surface area (Å²) in [5.74, 6) is 0.838. The molecule has 0 saturated carbocycles. The molecule has 0 saturated heterocycles. The van der Waals surface area contributed by atoms with Crippen molar-refractivity contribution in [1.82, 2.24) is 0 Å². The largest absolute Gasteiger partial charge is 0.466 e. The second-order valence-electron chi connectivity index (χ2n) is 5.17. The van der Waals surface area contributed by atoms with Crippen LogP contribution >= 0.6 is 0 Å². The van der Waals surface area contributed by atoms with Crippen molar-refractivity contribution < 1.29 is 9.53 Å². The molecule has 100 valence electrons. The zero-order valence-corrected chi connectivity index (χ0v) is 11.8. The van der Waals surface area contributed by atoms with Crippen molar-refractivity contribution in [3.63, 3.8) is 0 Å². The predicted molar refractivity (Wildman–Crippen MR) is 74.4 cm³/mol. The third-order valence-corrected chi connectivity index (χ3v) is 3.52. The zero-order valence-electron chi connectivity index (χ0n) is 11.8. The van der Waals surface area contributed by atoms with Crippen molar-refractivity contribution in [3.05, 3.63) is 35.9 Å². The second kappa shape index (κ2) is 7.20. The van der Waals surface area contributed by atoms with Gasteiger partial charge < -0.3 is 4.74 Å². The molecular weight excluding hydrogens is 224 g/mol. The van der Waals surface area contributed by atoms with E-state index in [9.17, 15) is 4.79 Å². The van der Waals surface area contributed by atoms with Gasteiger partial charge in [-0.25, -0.2) is 0 Å². The summed E-state index contributed by atoms with van der Waals surface area (Å²) in [6.07, 6.45) is 0.848. The van der Waals surface area contributed by atoms with Crippen LogP contribution in [0.2, 0.25) is 0 Å². The first-order chi connectivity index (χ1) is 8.56. The Morgan fingerprint density at radius 2 is 1.78 bits per heavy atom. The van der Waals surface area contributed by atoms with Gasteiger partial charge in [0.25, 0.3) is 0 Å². The first-order valence-electron chi connectivity index (χ1n) is 6.77. The van der Waals surface area contributed by atoms with E-state index in [0.29, 0.717) is 18.4 Å². The summed E-state index contributed by atoms with van der Waals surface area (Å²) in [5, 5.41) is 0. The number of rotatable bonds is 6. The quantitative estimate of drug-likeness (QED) is 0.711. The van der Waals surface area contributed by atoms with Crippen LogP contribution in [0.3, 0.4) is 0 Å². The van der Waals surface area contributed by atoms with Gasteiger partial charge in [-0.1, -0.05) is 51.1 Å². The van der Waals surface area contributed by atoms with Crippen LogP contribution in [-0.2, 0) is 9.53 Å². The van der Waals surface area contributed by atoms with Crippen molar-refractivity contribution in [3.8, 4) is 0 Å². The van der Waals surface area contributed by atoms with Crippen molar-refractivity contribution >= 4 is 5.97 Å². The Bertz CT molecular complexity index is 357. The Morgan fingerprint density at radius 3 is 2.28 bits per heavy atom. The predicted octanol–water partition coefficient (Wildman–Crippen LogP) is 4.02. The highest BCUT2D eigenvalue weighted by Crippen LogP contribution is 2.28. The molecule has 1 rings (SSSR count). The molecule has 0 aliphatic heterocycles. The van der Waals surface area contributed by atoms with E-state index in [4.69, 9.17) is 4.74 Å². The van der Waals surface area contributed by atoms with Gasteiger partial charge in [-0.3, -0.25) is 4.79 Å². The van der Waals surface area contributed by atoms with E-state index < -0.39 is 0 Å². The molecule has 0 bridgehead atoms. The van der Waals surface area contributed by atoms with Crippen LogP contribution in [-0.4, -0.2) is 12.6 Å². The molecule has 0 spiro atoms. The smallest absolute Gasteiger partial charge is 0.313 e. The lowest BCUT2D eigenvalue weighted by Crippen LogP contribution is -2.20. The highest BCUT2D eigenvalue weighted by molar-refractivity contribution is 5.78. The Balaban J connectivity index is 2.85. The molecule has 2 atom stereocenters. The van der Waals surface area contributed by atoms with Gasteiger partial charge in [0.1, 0.15) is 0 Å². The van der Waals surface area contributed by atoms with Crippen molar-refractivity contribution in [2.45, 2.75) is 40.0 Å². The maximum absolute atomic E-state index is 12.1. The van der Waals surface area contributed by atoms with E-state index in [1.54, 1.807) is 0 Å². The third-order valence-electron chi connectivity index (χ3n) is 3.52. The average molecular weight is 248 g/mol. The summed E-state index contributed by atoms with van der Waals surface area (Å²) in [4.78, 5) is 12.1. The standard InChI is InChI=1S/C16H24O2/c1-5-18-16(17)15(11-13(4)12(2)3)14-9-7-6-8-10-14/h6-10,12-13,15H,5,11H2,1-4H3. The number of esters is 1. The maximum atomic E-state index is 12.1. The molecular formula is C16H24O2. The molecule has 0 heterocycles. The SMILES string of the molecule is CCOC(=O)C(CC(C)C(C)C)c1ccccc1. The highest BCUT2D eigenvalue weighted by Gasteiger charge is 2.25. The summed E-state index contributed by atoms with van der Waals surface area (Å²) in [7, 11) is 0. The lowest BCUT2D eigenvalue weighted by atomic mass is 9.84. The zero-order chi connectivity index (χ0) is 13.5. The van der Waals surface area contributed by atoms with Crippen molar-refractivity contribution in [1.29, 1.82) is 0 Å². The third kappa shape index (κ3) is 4.17. The number of hydrogen-bond acceptors (Lipinski definition) is 2. The Labute approximate surface area is 110 Å². The minimum absolute atomic E-state index is 0.101. The van der Waals surface area contributed by atoms with Crippen LogP contribution < -0.4 is 0 Å². The molecule has 2 unspecified atom stereocenters. The number of ether oxygens (including phenoxy) is 1. The van der Waals surface area contributed by atoms with Gasteiger partial charge in [-0.2, -0.15) is 0 Å². The maximum Gasteiger partial charge on any atom is 0.313 e. The highest BCUT2D eigenvalue weighted by atomic mass is 16.5. The number of carbonyl (C=O) groups excluding carboxylic acids is 1. The van der Waals surface area contributed by atoms with Gasteiger partial charge >= 0.3 is 5.97 Å². The molecule has 0 N–H and O–H groups in total. The molecule has 0 aliphatic rings. The molecule has 0 aromatic heterocycles. The van der Waals surface area contributed by atoms with Crippen LogP contribution in [0.25, 0.3) is 0 Å². The Morgan fingerprint density at radius 1 is 1.17 bits per heavy atom. The molecule has 0 amide bonds. The topological polar surface area (TPSA) is 26.3 Å². The summed E-state index contributed by atoms with van der Waals surface area (Å²) in [6, 6.07) is 9.93. The van der Waals surface area contributed by atoms with E-state index in [1.807, 2.05) is 37.3 Å². The number of hydrogen-bond donors (Lipinski definition) is 0. The normalized spacial score (nSPS) is 14.3. The Hall–Kier alpha value is -1.31. The van der Waals surface area contributed by atoms with E-state index in [-0.39, 0.29) is 11.9 Å². The van der Waals surface area contributed by atoms with Gasteiger partial charge in [0, 0.05) is 0 Å². The summed E-state index contributed by atoms with van der Waals surface area (Å²) >= 11 is 0. The summed E-state index contributed by atoms with van der Waals surface area (Å²) < 4.78 is 5.20. The molecule has 0 aliphatic carbocycles. The minimum Gasteiger partial charge on any atom is -0.466 e. The van der Waals surface area contributed by atoms with Crippen LogP contribution in [0.5, 0.6) is 0 Å². The van der Waals surface area contributed by atoms with Crippen molar-refractivity contribution in [2.75, 3.05) is 6.61 Å². The number of carbonyl (C=O) groups is 1. The molecule has 18 heavy (non-hydrogen) atoms. The molecule has 0 radical (unpaired) electrons. The van der Waals surface area contributed by atoms with Crippen LogP contribution in [0.15, 0.2) is 30.3 Å². The van der Waals surface area contributed by atoms with E-state index >= 15 is 0 Å². The van der Waals surface area contributed by atoms with Gasteiger partial charge in [0.15, 0.2) is 0 Å². The molecule has 2 nitrogen and oxygen atoms in total. The molecule has 1 aromatic carbocycles. The fourth-order valence-corrected chi connectivity index (χ4v) is 1.94. The monoisotopic (exact) mass is 248 g/mol. The minimum atomic E-state index is -0.136. The fourth-order valence-electron chi connectivity index (χ4n) is 1.94. The van der Waals surface area contributed by atoms with Gasteiger partial charge in [0.05, 0.1) is 12.5 Å². The summed E-state index contributed by atoms with van der Waals surface area (Å²) in [6.45, 7) is 8.87. The average Bonchev–Trinajstić information content (AvgIpc) is 2.36. The molecule has 1 aromatic rings. The van der Waals surface area contributed by atoms with Crippen molar-refractivity contribution in [2.24, 2.45) is 11.8 Å². The first-order valence-corrected chi connectivity index (χ1v) is 6.77.